The zero-order valence-electron chi connectivity index (χ0n) is 15.2. The molecule has 1 N–H and O–H groups in total. The maximum absolute atomic E-state index is 12.6. The molecule has 142 valence electrons. The number of carbonyl (C=O) groups excluding carboxylic acids is 2. The van der Waals surface area contributed by atoms with Crippen LogP contribution in [0, 0.1) is 0 Å². The second-order valence-corrected chi connectivity index (χ2v) is 6.73. The van der Waals surface area contributed by atoms with Crippen molar-refractivity contribution < 1.29 is 14.3 Å². The first-order valence-electron chi connectivity index (χ1n) is 8.77. The standard InChI is InChI=1S/C20H22ClN3O3/c1-27-19(25)16-7-3-5-9-18(16)22-20(26)24-12-10-23(11-13-24)14-15-6-2-4-8-17(15)21/h2-9H,10-14H2,1H3,(H,22,26). The smallest absolute Gasteiger partial charge is 0.339 e. The fourth-order valence-electron chi connectivity index (χ4n) is 3.05. The molecule has 2 aromatic carbocycles. The van der Waals surface area contributed by atoms with E-state index in [0.717, 1.165) is 30.2 Å². The van der Waals surface area contributed by atoms with Crippen molar-refractivity contribution in [2.45, 2.75) is 6.54 Å². The number of nitrogens with zero attached hydrogens (tertiary/aromatic N) is 2. The Labute approximate surface area is 163 Å². The molecule has 1 aliphatic heterocycles. The molecule has 0 radical (unpaired) electrons. The zero-order chi connectivity index (χ0) is 19.2. The van der Waals surface area contributed by atoms with Gasteiger partial charge in [0, 0.05) is 37.7 Å². The number of ether oxygens (including phenoxy) is 1. The highest BCUT2D eigenvalue weighted by Gasteiger charge is 2.23. The molecule has 0 aliphatic carbocycles. The van der Waals surface area contributed by atoms with Crippen molar-refractivity contribution in [2.75, 3.05) is 38.6 Å². The van der Waals surface area contributed by atoms with Crippen LogP contribution in [0.25, 0.3) is 0 Å². The van der Waals surface area contributed by atoms with Crippen LogP contribution in [0.5, 0.6) is 0 Å². The van der Waals surface area contributed by atoms with Crippen LogP contribution in [0.15, 0.2) is 48.5 Å². The lowest BCUT2D eigenvalue weighted by molar-refractivity contribution is 0.0602. The molecule has 1 heterocycles. The van der Waals surface area contributed by atoms with Crippen molar-refractivity contribution in [1.29, 1.82) is 0 Å². The summed E-state index contributed by atoms with van der Waals surface area (Å²) in [5, 5.41) is 3.58. The molecular weight excluding hydrogens is 366 g/mol. The van der Waals surface area contributed by atoms with E-state index in [1.807, 2.05) is 24.3 Å². The summed E-state index contributed by atoms with van der Waals surface area (Å²) in [5.74, 6) is -0.476. The number of halogens is 1. The van der Waals surface area contributed by atoms with Gasteiger partial charge in [-0.3, -0.25) is 4.90 Å². The van der Waals surface area contributed by atoms with Gasteiger partial charge < -0.3 is 15.0 Å². The quantitative estimate of drug-likeness (QED) is 0.816. The molecule has 3 rings (SSSR count). The van der Waals surface area contributed by atoms with Crippen LogP contribution in [0.3, 0.4) is 0 Å². The molecule has 1 saturated heterocycles. The van der Waals surface area contributed by atoms with Crippen LogP contribution in [0.2, 0.25) is 5.02 Å². The Bertz CT molecular complexity index is 820. The Balaban J connectivity index is 1.56. The predicted molar refractivity (Wildman–Crippen MR) is 105 cm³/mol. The second kappa shape index (κ2) is 8.88. The van der Waals surface area contributed by atoms with Gasteiger partial charge in [-0.05, 0) is 23.8 Å². The predicted octanol–water partition coefficient (Wildman–Crippen LogP) is 3.48. The fraction of sp³-hybridized carbons (Fsp3) is 0.300. The van der Waals surface area contributed by atoms with E-state index in [2.05, 4.69) is 10.2 Å². The number of amides is 2. The fourth-order valence-corrected chi connectivity index (χ4v) is 3.25. The van der Waals surface area contributed by atoms with Gasteiger partial charge in [-0.25, -0.2) is 9.59 Å². The van der Waals surface area contributed by atoms with E-state index in [4.69, 9.17) is 16.3 Å². The first kappa shape index (κ1) is 19.2. The van der Waals surface area contributed by atoms with E-state index in [-0.39, 0.29) is 6.03 Å². The topological polar surface area (TPSA) is 61.9 Å². The number of benzene rings is 2. The number of esters is 1. The van der Waals surface area contributed by atoms with Crippen molar-refractivity contribution in [3.63, 3.8) is 0 Å². The number of hydrogen-bond acceptors (Lipinski definition) is 4. The number of methoxy groups -OCH3 is 1. The molecule has 7 heteroatoms. The highest BCUT2D eigenvalue weighted by atomic mass is 35.5. The van der Waals surface area contributed by atoms with Gasteiger partial charge >= 0.3 is 12.0 Å². The first-order valence-corrected chi connectivity index (χ1v) is 9.15. The molecule has 6 nitrogen and oxygen atoms in total. The lowest BCUT2D eigenvalue weighted by Crippen LogP contribution is -2.49. The second-order valence-electron chi connectivity index (χ2n) is 6.32. The molecule has 1 aliphatic rings. The molecule has 2 amide bonds. The molecule has 0 bridgehead atoms. The number of piperazine rings is 1. The number of hydrogen-bond donors (Lipinski definition) is 1. The minimum Gasteiger partial charge on any atom is -0.465 e. The minimum absolute atomic E-state index is 0.219. The van der Waals surface area contributed by atoms with Gasteiger partial charge in [-0.1, -0.05) is 41.9 Å². The van der Waals surface area contributed by atoms with E-state index >= 15 is 0 Å². The summed E-state index contributed by atoms with van der Waals surface area (Å²) in [6.07, 6.45) is 0. The Morgan fingerprint density at radius 2 is 1.70 bits per heavy atom. The average Bonchev–Trinajstić information content (AvgIpc) is 2.70. The Hall–Kier alpha value is -2.57. The van der Waals surface area contributed by atoms with Crippen molar-refractivity contribution in [3.8, 4) is 0 Å². The van der Waals surface area contributed by atoms with Crippen LogP contribution in [0.4, 0.5) is 10.5 Å². The van der Waals surface area contributed by atoms with Gasteiger partial charge in [0.25, 0.3) is 0 Å². The highest BCUT2D eigenvalue weighted by Crippen LogP contribution is 2.19. The maximum Gasteiger partial charge on any atom is 0.339 e. The lowest BCUT2D eigenvalue weighted by Gasteiger charge is -2.34. The van der Waals surface area contributed by atoms with Crippen LogP contribution < -0.4 is 5.32 Å². The van der Waals surface area contributed by atoms with E-state index < -0.39 is 5.97 Å². The summed E-state index contributed by atoms with van der Waals surface area (Å²) >= 11 is 6.23. The minimum atomic E-state index is -0.476. The highest BCUT2D eigenvalue weighted by molar-refractivity contribution is 6.31. The summed E-state index contributed by atoms with van der Waals surface area (Å²) in [6, 6.07) is 14.4. The van der Waals surface area contributed by atoms with Gasteiger partial charge in [0.1, 0.15) is 0 Å². The summed E-state index contributed by atoms with van der Waals surface area (Å²) in [6.45, 7) is 3.50. The molecule has 0 aromatic heterocycles. The van der Waals surface area contributed by atoms with Gasteiger partial charge in [-0.2, -0.15) is 0 Å². The van der Waals surface area contributed by atoms with E-state index in [1.165, 1.54) is 7.11 Å². The third kappa shape index (κ3) is 4.78. The van der Waals surface area contributed by atoms with Crippen LogP contribution >= 0.6 is 11.6 Å². The SMILES string of the molecule is COC(=O)c1ccccc1NC(=O)N1CCN(Cc2ccccc2Cl)CC1. The number of anilines is 1. The van der Waals surface area contributed by atoms with E-state index in [0.29, 0.717) is 24.3 Å². The number of carbonyl (C=O) groups is 2. The summed E-state index contributed by atoms with van der Waals surface area (Å²) < 4.78 is 4.76. The number of urea groups is 1. The summed E-state index contributed by atoms with van der Waals surface area (Å²) in [4.78, 5) is 28.4. The third-order valence-electron chi connectivity index (χ3n) is 4.59. The number of para-hydroxylation sites is 1. The molecule has 0 spiro atoms. The monoisotopic (exact) mass is 387 g/mol. The molecule has 27 heavy (non-hydrogen) atoms. The molecule has 0 atom stereocenters. The van der Waals surface area contributed by atoms with Crippen molar-refractivity contribution in [1.82, 2.24) is 9.80 Å². The van der Waals surface area contributed by atoms with Crippen LogP contribution in [0.1, 0.15) is 15.9 Å². The number of nitrogens with one attached hydrogen (secondary N) is 1. The molecule has 1 fully saturated rings. The Kier molecular flexibility index (Phi) is 6.32. The van der Waals surface area contributed by atoms with E-state index in [9.17, 15) is 9.59 Å². The van der Waals surface area contributed by atoms with Gasteiger partial charge in [0.15, 0.2) is 0 Å². The summed E-state index contributed by atoms with van der Waals surface area (Å²) in [5.41, 5.74) is 1.88. The normalized spacial score (nSPS) is 14.7. The largest absolute Gasteiger partial charge is 0.465 e. The van der Waals surface area contributed by atoms with Crippen molar-refractivity contribution >= 4 is 29.3 Å². The van der Waals surface area contributed by atoms with Crippen molar-refractivity contribution in [2.24, 2.45) is 0 Å². The van der Waals surface area contributed by atoms with Crippen molar-refractivity contribution in [3.05, 3.63) is 64.7 Å². The van der Waals surface area contributed by atoms with Gasteiger partial charge in [-0.15, -0.1) is 0 Å². The average molecular weight is 388 g/mol. The number of rotatable bonds is 4. The molecule has 0 unspecified atom stereocenters. The van der Waals surface area contributed by atoms with Crippen LogP contribution in [-0.4, -0.2) is 55.1 Å². The van der Waals surface area contributed by atoms with Crippen LogP contribution in [-0.2, 0) is 11.3 Å². The van der Waals surface area contributed by atoms with E-state index in [1.54, 1.807) is 29.2 Å². The summed E-state index contributed by atoms with van der Waals surface area (Å²) in [7, 11) is 1.32. The molecular formula is C20H22ClN3O3. The molecule has 2 aromatic rings. The first-order chi connectivity index (χ1) is 13.1. The van der Waals surface area contributed by atoms with Gasteiger partial charge in [0.05, 0.1) is 18.4 Å². The van der Waals surface area contributed by atoms with Gasteiger partial charge in [0.2, 0.25) is 0 Å². The molecule has 0 saturated carbocycles. The lowest BCUT2D eigenvalue weighted by atomic mass is 10.2. The maximum atomic E-state index is 12.6. The Morgan fingerprint density at radius 3 is 2.41 bits per heavy atom. The Morgan fingerprint density at radius 1 is 1.04 bits per heavy atom. The zero-order valence-corrected chi connectivity index (χ0v) is 15.9. The third-order valence-corrected chi connectivity index (χ3v) is 4.95.